The predicted molar refractivity (Wildman–Crippen MR) is 87.3 cm³/mol. The highest BCUT2D eigenvalue weighted by Crippen LogP contribution is 2.17. The second-order valence-electron chi connectivity index (χ2n) is 5.66. The number of H-pyrrole nitrogens is 1. The Bertz CT molecular complexity index is 702. The van der Waals surface area contributed by atoms with E-state index in [9.17, 15) is 9.59 Å². The van der Waals surface area contributed by atoms with E-state index in [1.807, 2.05) is 27.7 Å². The van der Waals surface area contributed by atoms with Gasteiger partial charge in [0, 0.05) is 29.7 Å². The molecule has 1 aromatic heterocycles. The van der Waals surface area contributed by atoms with Crippen molar-refractivity contribution in [3.8, 4) is 0 Å². The summed E-state index contributed by atoms with van der Waals surface area (Å²) in [5.74, 6) is -0.274. The zero-order valence-corrected chi connectivity index (χ0v) is 13.3. The number of benzene rings is 1. The van der Waals surface area contributed by atoms with Crippen molar-refractivity contribution in [3.63, 3.8) is 0 Å². The smallest absolute Gasteiger partial charge is 0.257 e. The van der Waals surface area contributed by atoms with Gasteiger partial charge in [-0.05, 0) is 57.0 Å². The van der Waals surface area contributed by atoms with Gasteiger partial charge < -0.3 is 15.6 Å². The molecule has 0 aliphatic carbocycles. The van der Waals surface area contributed by atoms with Crippen LogP contribution in [-0.4, -0.2) is 22.8 Å². The van der Waals surface area contributed by atoms with E-state index in [2.05, 4.69) is 15.6 Å². The lowest BCUT2D eigenvalue weighted by Crippen LogP contribution is -2.30. The molecular formula is C17H21N3O2. The van der Waals surface area contributed by atoms with Crippen molar-refractivity contribution in [2.45, 2.75) is 33.7 Å². The average Bonchev–Trinajstić information content (AvgIpc) is 2.84. The van der Waals surface area contributed by atoms with Crippen molar-refractivity contribution < 1.29 is 9.59 Å². The van der Waals surface area contributed by atoms with E-state index in [4.69, 9.17) is 0 Å². The SMILES string of the molecule is Cc1c[nH]cc1C(=O)Nc1ccc(C(=O)NC(C)C)c(C)c1. The Morgan fingerprint density at radius 1 is 1.00 bits per heavy atom. The number of rotatable bonds is 4. The van der Waals surface area contributed by atoms with Crippen LogP contribution in [0.2, 0.25) is 0 Å². The van der Waals surface area contributed by atoms with Crippen LogP contribution in [0, 0.1) is 13.8 Å². The normalized spacial score (nSPS) is 10.6. The number of aryl methyl sites for hydroxylation is 2. The number of hydrogen-bond donors (Lipinski definition) is 3. The summed E-state index contributed by atoms with van der Waals surface area (Å²) in [6.07, 6.45) is 3.45. The van der Waals surface area contributed by atoms with E-state index in [-0.39, 0.29) is 17.9 Å². The minimum absolute atomic E-state index is 0.0860. The maximum Gasteiger partial charge on any atom is 0.257 e. The lowest BCUT2D eigenvalue weighted by Gasteiger charge is -2.12. The molecule has 0 saturated carbocycles. The zero-order valence-electron chi connectivity index (χ0n) is 13.3. The van der Waals surface area contributed by atoms with E-state index < -0.39 is 0 Å². The minimum Gasteiger partial charge on any atom is -0.367 e. The second-order valence-corrected chi connectivity index (χ2v) is 5.66. The highest BCUT2D eigenvalue weighted by Gasteiger charge is 2.13. The van der Waals surface area contributed by atoms with Crippen LogP contribution in [0.25, 0.3) is 0 Å². The summed E-state index contributed by atoms with van der Waals surface area (Å²) < 4.78 is 0. The first kappa shape index (κ1) is 15.8. The van der Waals surface area contributed by atoms with Gasteiger partial charge >= 0.3 is 0 Å². The second kappa shape index (κ2) is 6.47. The highest BCUT2D eigenvalue weighted by atomic mass is 16.2. The van der Waals surface area contributed by atoms with Crippen LogP contribution in [0.15, 0.2) is 30.6 Å². The Balaban J connectivity index is 2.14. The number of amides is 2. The number of nitrogens with one attached hydrogen (secondary N) is 3. The standard InChI is InChI=1S/C17H21N3O2/c1-10(2)19-16(21)14-6-5-13(7-11(14)3)20-17(22)15-9-18-8-12(15)4/h5-10,18H,1-4H3,(H,19,21)(H,20,22). The molecular weight excluding hydrogens is 278 g/mol. The number of anilines is 1. The van der Waals surface area contributed by atoms with Crippen molar-refractivity contribution >= 4 is 17.5 Å². The van der Waals surface area contributed by atoms with Crippen molar-refractivity contribution in [1.82, 2.24) is 10.3 Å². The summed E-state index contributed by atoms with van der Waals surface area (Å²) in [6.45, 7) is 7.56. The van der Waals surface area contributed by atoms with Gasteiger partial charge in [0.15, 0.2) is 0 Å². The van der Waals surface area contributed by atoms with Crippen LogP contribution in [0.1, 0.15) is 45.7 Å². The zero-order chi connectivity index (χ0) is 16.3. The number of carbonyl (C=O) groups is 2. The third-order valence-corrected chi connectivity index (χ3v) is 3.35. The van der Waals surface area contributed by atoms with Gasteiger partial charge in [-0.2, -0.15) is 0 Å². The molecule has 0 saturated heterocycles. The molecule has 0 spiro atoms. The monoisotopic (exact) mass is 299 g/mol. The number of hydrogen-bond acceptors (Lipinski definition) is 2. The molecule has 0 radical (unpaired) electrons. The summed E-state index contributed by atoms with van der Waals surface area (Å²) in [5.41, 5.74) is 3.61. The fraction of sp³-hybridized carbons (Fsp3) is 0.294. The average molecular weight is 299 g/mol. The van der Waals surface area contributed by atoms with E-state index in [0.717, 1.165) is 11.1 Å². The molecule has 5 heteroatoms. The fourth-order valence-electron chi connectivity index (χ4n) is 2.22. The van der Waals surface area contributed by atoms with Crippen LogP contribution in [0.5, 0.6) is 0 Å². The van der Waals surface area contributed by atoms with Crippen LogP contribution < -0.4 is 10.6 Å². The molecule has 0 atom stereocenters. The molecule has 0 unspecified atom stereocenters. The third-order valence-electron chi connectivity index (χ3n) is 3.35. The number of carbonyl (C=O) groups excluding carboxylic acids is 2. The van der Waals surface area contributed by atoms with Gasteiger partial charge in [0.25, 0.3) is 11.8 Å². The van der Waals surface area contributed by atoms with Gasteiger partial charge in [-0.15, -0.1) is 0 Å². The first-order valence-corrected chi connectivity index (χ1v) is 7.24. The molecule has 0 aliphatic heterocycles. The Morgan fingerprint density at radius 3 is 2.27 bits per heavy atom. The van der Waals surface area contributed by atoms with E-state index >= 15 is 0 Å². The molecule has 116 valence electrons. The van der Waals surface area contributed by atoms with Crippen molar-refractivity contribution in [2.75, 3.05) is 5.32 Å². The van der Waals surface area contributed by atoms with Crippen LogP contribution in [0.4, 0.5) is 5.69 Å². The molecule has 2 aromatic rings. The van der Waals surface area contributed by atoms with E-state index in [1.165, 1.54) is 0 Å². The quantitative estimate of drug-likeness (QED) is 0.812. The number of aromatic amines is 1. The van der Waals surface area contributed by atoms with Crippen LogP contribution in [0.3, 0.4) is 0 Å². The Hall–Kier alpha value is -2.56. The van der Waals surface area contributed by atoms with Gasteiger partial charge in [0.2, 0.25) is 0 Å². The van der Waals surface area contributed by atoms with Crippen molar-refractivity contribution in [1.29, 1.82) is 0 Å². The largest absolute Gasteiger partial charge is 0.367 e. The maximum atomic E-state index is 12.2. The minimum atomic E-state index is -0.169. The number of aromatic nitrogens is 1. The van der Waals surface area contributed by atoms with E-state index in [1.54, 1.807) is 30.6 Å². The summed E-state index contributed by atoms with van der Waals surface area (Å²) >= 11 is 0. The van der Waals surface area contributed by atoms with E-state index in [0.29, 0.717) is 16.8 Å². The van der Waals surface area contributed by atoms with Gasteiger partial charge in [-0.1, -0.05) is 0 Å². The fourth-order valence-corrected chi connectivity index (χ4v) is 2.22. The third kappa shape index (κ3) is 3.55. The van der Waals surface area contributed by atoms with Crippen LogP contribution in [-0.2, 0) is 0 Å². The predicted octanol–water partition coefficient (Wildman–Crippen LogP) is 3.02. The molecule has 22 heavy (non-hydrogen) atoms. The summed E-state index contributed by atoms with van der Waals surface area (Å²) in [7, 11) is 0. The molecule has 5 nitrogen and oxygen atoms in total. The Kier molecular flexibility index (Phi) is 4.65. The summed E-state index contributed by atoms with van der Waals surface area (Å²) in [4.78, 5) is 27.1. The molecule has 0 bridgehead atoms. The molecule has 0 fully saturated rings. The molecule has 0 aliphatic rings. The molecule has 2 rings (SSSR count). The van der Waals surface area contributed by atoms with Gasteiger partial charge in [0.05, 0.1) is 5.56 Å². The molecule has 3 N–H and O–H groups in total. The molecule has 2 amide bonds. The highest BCUT2D eigenvalue weighted by molar-refractivity contribution is 6.05. The van der Waals surface area contributed by atoms with Gasteiger partial charge in [-0.3, -0.25) is 9.59 Å². The van der Waals surface area contributed by atoms with Gasteiger partial charge in [-0.25, -0.2) is 0 Å². The maximum absolute atomic E-state index is 12.2. The Morgan fingerprint density at radius 2 is 1.73 bits per heavy atom. The summed E-state index contributed by atoms with van der Waals surface area (Å²) in [6, 6.07) is 5.35. The lowest BCUT2D eigenvalue weighted by atomic mass is 10.1. The summed E-state index contributed by atoms with van der Waals surface area (Å²) in [5, 5.41) is 5.70. The first-order valence-electron chi connectivity index (χ1n) is 7.24. The van der Waals surface area contributed by atoms with Gasteiger partial charge in [0.1, 0.15) is 0 Å². The lowest BCUT2D eigenvalue weighted by molar-refractivity contribution is 0.0942. The van der Waals surface area contributed by atoms with Crippen molar-refractivity contribution in [2.24, 2.45) is 0 Å². The first-order chi connectivity index (χ1) is 10.4. The van der Waals surface area contributed by atoms with Crippen LogP contribution >= 0.6 is 0 Å². The Labute approximate surface area is 130 Å². The van der Waals surface area contributed by atoms with Crippen molar-refractivity contribution in [3.05, 3.63) is 52.8 Å². The molecule has 1 aromatic carbocycles. The topological polar surface area (TPSA) is 74.0 Å². The molecule has 1 heterocycles.